The molecule has 0 aliphatic heterocycles. The fraction of sp³-hybridized carbons (Fsp3) is 0.643. The molecule has 2 atom stereocenters. The van der Waals surface area contributed by atoms with Crippen molar-refractivity contribution in [3.63, 3.8) is 0 Å². The number of amides is 1. The molecular formula is C14H22ClIN2OS. The maximum absolute atomic E-state index is 12.2. The molecule has 0 saturated heterocycles. The number of rotatable bonds is 4. The predicted octanol–water partition coefficient (Wildman–Crippen LogP) is 3.34. The molecule has 1 aliphatic rings. The number of hydrogen-bond donors (Lipinski definition) is 2. The zero-order valence-electron chi connectivity index (χ0n) is 11.7. The Morgan fingerprint density at radius 3 is 2.90 bits per heavy atom. The van der Waals surface area contributed by atoms with Crippen molar-refractivity contribution in [2.75, 3.05) is 6.54 Å². The minimum atomic E-state index is -0.333. The Balaban J connectivity index is 0.00000200. The van der Waals surface area contributed by atoms with Crippen LogP contribution in [0.15, 0.2) is 12.1 Å². The summed E-state index contributed by atoms with van der Waals surface area (Å²) >= 11 is 4.11. The monoisotopic (exact) mass is 428 g/mol. The summed E-state index contributed by atoms with van der Waals surface area (Å²) in [5, 5.41) is 3.05. The number of halogens is 2. The first-order valence-electron chi connectivity index (χ1n) is 6.80. The number of thiophene rings is 1. The first kappa shape index (κ1) is 18.2. The highest BCUT2D eigenvalue weighted by Crippen LogP contribution is 2.31. The van der Waals surface area contributed by atoms with Gasteiger partial charge in [-0.1, -0.05) is 12.8 Å². The number of carbonyl (C=O) groups is 1. The summed E-state index contributed by atoms with van der Waals surface area (Å²) in [5.74, 6) is 0.112. The highest BCUT2D eigenvalue weighted by molar-refractivity contribution is 14.1. The van der Waals surface area contributed by atoms with E-state index < -0.39 is 0 Å². The van der Waals surface area contributed by atoms with Gasteiger partial charge in [-0.05, 0) is 60.9 Å². The number of nitrogens with two attached hydrogens (primary N) is 1. The van der Waals surface area contributed by atoms with E-state index in [-0.39, 0.29) is 29.8 Å². The molecule has 0 bridgehead atoms. The van der Waals surface area contributed by atoms with E-state index in [2.05, 4.69) is 40.0 Å². The Hall–Kier alpha value is 0.150. The molecule has 3 nitrogen and oxygen atoms in total. The standard InChI is InChI=1S/C14H21IN2OS.ClH/c1-14(16)8-3-2-4-11(14)13(18)17-9-7-10-5-6-12(15)19-10;/h5-6,11H,2-4,7-9,16H2,1H3,(H,17,18);1H. The summed E-state index contributed by atoms with van der Waals surface area (Å²) in [5.41, 5.74) is 5.92. The molecule has 1 aromatic rings. The second kappa shape index (κ2) is 7.96. The van der Waals surface area contributed by atoms with E-state index in [1.54, 1.807) is 11.3 Å². The Kier molecular flexibility index (Phi) is 7.24. The minimum absolute atomic E-state index is 0. The van der Waals surface area contributed by atoms with Crippen molar-refractivity contribution in [3.05, 3.63) is 19.9 Å². The molecule has 3 N–H and O–H groups in total. The first-order valence-corrected chi connectivity index (χ1v) is 8.69. The van der Waals surface area contributed by atoms with Crippen LogP contribution in [0.4, 0.5) is 0 Å². The summed E-state index contributed by atoms with van der Waals surface area (Å²) < 4.78 is 1.29. The van der Waals surface area contributed by atoms with Crippen LogP contribution in [0.2, 0.25) is 0 Å². The van der Waals surface area contributed by atoms with Gasteiger partial charge in [0, 0.05) is 17.0 Å². The van der Waals surface area contributed by atoms with Gasteiger partial charge in [0.2, 0.25) is 5.91 Å². The molecule has 114 valence electrons. The van der Waals surface area contributed by atoms with E-state index in [9.17, 15) is 4.79 Å². The van der Waals surface area contributed by atoms with Gasteiger partial charge >= 0.3 is 0 Å². The van der Waals surface area contributed by atoms with Crippen molar-refractivity contribution in [2.45, 2.75) is 44.6 Å². The van der Waals surface area contributed by atoms with E-state index in [0.29, 0.717) is 6.54 Å². The van der Waals surface area contributed by atoms with Crippen LogP contribution < -0.4 is 11.1 Å². The predicted molar refractivity (Wildman–Crippen MR) is 95.5 cm³/mol. The van der Waals surface area contributed by atoms with Gasteiger partial charge in [-0.15, -0.1) is 23.7 Å². The summed E-state index contributed by atoms with van der Waals surface area (Å²) in [6.07, 6.45) is 5.05. The van der Waals surface area contributed by atoms with Gasteiger partial charge in [-0.3, -0.25) is 4.79 Å². The van der Waals surface area contributed by atoms with Crippen LogP contribution >= 0.6 is 46.3 Å². The lowest BCUT2D eigenvalue weighted by molar-refractivity contribution is -0.128. The Morgan fingerprint density at radius 1 is 1.55 bits per heavy atom. The maximum atomic E-state index is 12.2. The highest BCUT2D eigenvalue weighted by atomic mass is 127. The fourth-order valence-corrected chi connectivity index (χ4v) is 4.46. The van der Waals surface area contributed by atoms with E-state index in [1.807, 2.05) is 6.92 Å². The van der Waals surface area contributed by atoms with Gasteiger partial charge in [-0.25, -0.2) is 0 Å². The molecule has 1 aliphatic carbocycles. The Morgan fingerprint density at radius 2 is 2.30 bits per heavy atom. The van der Waals surface area contributed by atoms with Crippen LogP contribution in [0.1, 0.15) is 37.5 Å². The molecule has 2 rings (SSSR count). The number of carbonyl (C=O) groups excluding carboxylic acids is 1. The third kappa shape index (κ3) is 4.86. The molecule has 20 heavy (non-hydrogen) atoms. The van der Waals surface area contributed by atoms with Crippen LogP contribution in [0.3, 0.4) is 0 Å². The highest BCUT2D eigenvalue weighted by Gasteiger charge is 2.37. The average molecular weight is 429 g/mol. The van der Waals surface area contributed by atoms with Crippen molar-refractivity contribution in [2.24, 2.45) is 11.7 Å². The Labute approximate surface area is 144 Å². The van der Waals surface area contributed by atoms with Gasteiger partial charge in [0.15, 0.2) is 0 Å². The Bertz CT molecular complexity index is 450. The van der Waals surface area contributed by atoms with E-state index in [0.717, 1.165) is 32.1 Å². The summed E-state index contributed by atoms with van der Waals surface area (Å²) in [6.45, 7) is 2.72. The molecular weight excluding hydrogens is 407 g/mol. The average Bonchev–Trinajstić information content (AvgIpc) is 2.74. The van der Waals surface area contributed by atoms with Crippen LogP contribution in [-0.2, 0) is 11.2 Å². The smallest absolute Gasteiger partial charge is 0.224 e. The van der Waals surface area contributed by atoms with Crippen molar-refractivity contribution < 1.29 is 4.79 Å². The molecule has 1 saturated carbocycles. The SMILES string of the molecule is CC1(N)CCCCC1C(=O)NCCc1ccc(I)s1.Cl. The molecule has 0 aromatic carbocycles. The lowest BCUT2D eigenvalue weighted by Crippen LogP contribution is -2.53. The molecule has 0 radical (unpaired) electrons. The summed E-state index contributed by atoms with van der Waals surface area (Å²) in [6, 6.07) is 4.24. The molecule has 1 amide bonds. The molecule has 1 aromatic heterocycles. The van der Waals surface area contributed by atoms with Gasteiger partial charge in [0.05, 0.1) is 8.80 Å². The summed E-state index contributed by atoms with van der Waals surface area (Å²) in [7, 11) is 0. The number of hydrogen-bond acceptors (Lipinski definition) is 3. The van der Waals surface area contributed by atoms with Gasteiger partial charge in [0.25, 0.3) is 0 Å². The van der Waals surface area contributed by atoms with Crippen LogP contribution in [0, 0.1) is 8.80 Å². The zero-order chi connectivity index (χ0) is 13.9. The minimum Gasteiger partial charge on any atom is -0.355 e. The third-order valence-electron chi connectivity index (χ3n) is 3.87. The van der Waals surface area contributed by atoms with Crippen LogP contribution in [0.25, 0.3) is 0 Å². The van der Waals surface area contributed by atoms with Crippen LogP contribution in [-0.4, -0.2) is 18.0 Å². The van der Waals surface area contributed by atoms with E-state index in [1.165, 1.54) is 7.76 Å². The van der Waals surface area contributed by atoms with Gasteiger partial charge in [-0.2, -0.15) is 0 Å². The van der Waals surface area contributed by atoms with E-state index >= 15 is 0 Å². The topological polar surface area (TPSA) is 55.1 Å². The normalized spacial score (nSPS) is 25.9. The van der Waals surface area contributed by atoms with Crippen molar-refractivity contribution in [1.29, 1.82) is 0 Å². The van der Waals surface area contributed by atoms with Crippen LogP contribution in [0.5, 0.6) is 0 Å². The van der Waals surface area contributed by atoms with Crippen molar-refractivity contribution in [3.8, 4) is 0 Å². The molecule has 2 unspecified atom stereocenters. The fourth-order valence-electron chi connectivity index (χ4n) is 2.71. The largest absolute Gasteiger partial charge is 0.355 e. The van der Waals surface area contributed by atoms with Crippen molar-refractivity contribution >= 4 is 52.2 Å². The maximum Gasteiger partial charge on any atom is 0.224 e. The number of nitrogens with one attached hydrogen (secondary N) is 1. The summed E-state index contributed by atoms with van der Waals surface area (Å²) in [4.78, 5) is 13.5. The molecule has 6 heteroatoms. The third-order valence-corrected chi connectivity index (χ3v) is 5.82. The molecule has 1 fully saturated rings. The lowest BCUT2D eigenvalue weighted by atomic mass is 9.74. The second-order valence-electron chi connectivity index (χ2n) is 5.55. The van der Waals surface area contributed by atoms with Gasteiger partial charge in [0.1, 0.15) is 0 Å². The molecule has 0 spiro atoms. The van der Waals surface area contributed by atoms with E-state index in [4.69, 9.17) is 5.73 Å². The molecule has 1 heterocycles. The lowest BCUT2D eigenvalue weighted by Gasteiger charge is -2.37. The first-order chi connectivity index (χ1) is 8.99. The second-order valence-corrected chi connectivity index (χ2v) is 8.61. The van der Waals surface area contributed by atoms with Crippen molar-refractivity contribution in [1.82, 2.24) is 5.32 Å². The quantitative estimate of drug-likeness (QED) is 0.723. The zero-order valence-corrected chi connectivity index (χ0v) is 15.4. The van der Waals surface area contributed by atoms with Gasteiger partial charge < -0.3 is 11.1 Å².